The van der Waals surface area contributed by atoms with Crippen LogP contribution in [0, 0.1) is 5.92 Å². The number of rotatable bonds is 8. The topological polar surface area (TPSA) is 12.0 Å². The molecule has 19 heavy (non-hydrogen) atoms. The highest BCUT2D eigenvalue weighted by molar-refractivity contribution is 6.35. The highest BCUT2D eigenvalue weighted by Gasteiger charge is 2.16. The second kappa shape index (κ2) is 8.84. The third-order valence-electron chi connectivity index (χ3n) is 3.78. The molecular formula is C16H25Cl2N. The summed E-state index contributed by atoms with van der Waals surface area (Å²) in [6, 6.07) is 6.19. The van der Waals surface area contributed by atoms with Gasteiger partial charge in [0.15, 0.2) is 0 Å². The third kappa shape index (κ3) is 5.33. The van der Waals surface area contributed by atoms with E-state index in [9.17, 15) is 0 Å². The first kappa shape index (κ1) is 16.8. The Morgan fingerprint density at radius 2 is 1.63 bits per heavy atom. The summed E-state index contributed by atoms with van der Waals surface area (Å²) in [7, 11) is 0. The fourth-order valence-electron chi connectivity index (χ4n) is 2.53. The van der Waals surface area contributed by atoms with Crippen molar-refractivity contribution < 1.29 is 0 Å². The van der Waals surface area contributed by atoms with Crippen molar-refractivity contribution in [2.75, 3.05) is 6.54 Å². The van der Waals surface area contributed by atoms with Crippen LogP contribution >= 0.6 is 23.2 Å². The van der Waals surface area contributed by atoms with Crippen molar-refractivity contribution in [2.45, 2.75) is 52.5 Å². The Kier molecular flexibility index (Phi) is 7.82. The van der Waals surface area contributed by atoms with E-state index in [-0.39, 0.29) is 0 Å². The van der Waals surface area contributed by atoms with E-state index in [2.05, 4.69) is 26.1 Å². The number of hydrogen-bond donors (Lipinski definition) is 1. The Hall–Kier alpha value is -0.240. The van der Waals surface area contributed by atoms with Crippen LogP contribution in [0.1, 0.15) is 45.6 Å². The molecule has 3 heteroatoms. The third-order valence-corrected chi connectivity index (χ3v) is 4.49. The Balaban J connectivity index is 2.77. The first-order valence-corrected chi connectivity index (χ1v) is 8.04. The summed E-state index contributed by atoms with van der Waals surface area (Å²) in [4.78, 5) is 0. The van der Waals surface area contributed by atoms with Crippen molar-refractivity contribution in [3.63, 3.8) is 0 Å². The van der Waals surface area contributed by atoms with Crippen LogP contribution in [0.2, 0.25) is 10.0 Å². The lowest BCUT2D eigenvalue weighted by molar-refractivity contribution is 0.367. The average Bonchev–Trinajstić information content (AvgIpc) is 2.40. The molecule has 0 aromatic heterocycles. The van der Waals surface area contributed by atoms with Gasteiger partial charge in [-0.15, -0.1) is 0 Å². The van der Waals surface area contributed by atoms with Crippen molar-refractivity contribution in [1.29, 1.82) is 0 Å². The van der Waals surface area contributed by atoms with Gasteiger partial charge in [0.25, 0.3) is 0 Å². The van der Waals surface area contributed by atoms with Crippen molar-refractivity contribution >= 4 is 23.2 Å². The summed E-state index contributed by atoms with van der Waals surface area (Å²) in [6.07, 6.45) is 4.55. The lowest BCUT2D eigenvalue weighted by atomic mass is 9.91. The molecule has 1 atom stereocenters. The molecule has 0 spiro atoms. The van der Waals surface area contributed by atoms with Crippen LogP contribution in [0.15, 0.2) is 18.2 Å². The summed E-state index contributed by atoms with van der Waals surface area (Å²) >= 11 is 12.5. The van der Waals surface area contributed by atoms with Gasteiger partial charge in [0, 0.05) is 16.1 Å². The van der Waals surface area contributed by atoms with E-state index >= 15 is 0 Å². The van der Waals surface area contributed by atoms with E-state index < -0.39 is 0 Å². The molecule has 1 unspecified atom stereocenters. The van der Waals surface area contributed by atoms with E-state index in [0.717, 1.165) is 34.5 Å². The van der Waals surface area contributed by atoms with Crippen LogP contribution in [0.25, 0.3) is 0 Å². The van der Waals surface area contributed by atoms with Crippen molar-refractivity contribution in [3.05, 3.63) is 33.8 Å². The van der Waals surface area contributed by atoms with E-state index in [1.54, 1.807) is 0 Å². The smallest absolute Gasteiger partial charge is 0.0453 e. The van der Waals surface area contributed by atoms with Gasteiger partial charge >= 0.3 is 0 Å². The predicted molar refractivity (Wildman–Crippen MR) is 86.3 cm³/mol. The number of hydrogen-bond acceptors (Lipinski definition) is 1. The molecule has 0 aliphatic heterocycles. The number of benzene rings is 1. The quantitative estimate of drug-likeness (QED) is 0.683. The van der Waals surface area contributed by atoms with Gasteiger partial charge in [-0.3, -0.25) is 0 Å². The van der Waals surface area contributed by atoms with Gasteiger partial charge in [0.2, 0.25) is 0 Å². The fourth-order valence-corrected chi connectivity index (χ4v) is 3.08. The largest absolute Gasteiger partial charge is 0.314 e. The minimum absolute atomic E-state index is 0.451. The van der Waals surface area contributed by atoms with Gasteiger partial charge in [0.1, 0.15) is 0 Å². The predicted octanol–water partition coefficient (Wildman–Crippen LogP) is 5.34. The summed E-state index contributed by atoms with van der Waals surface area (Å²) in [6.45, 7) is 7.65. The second-order valence-corrected chi connectivity index (χ2v) is 5.89. The van der Waals surface area contributed by atoms with Crippen LogP contribution in [-0.4, -0.2) is 12.6 Å². The molecule has 108 valence electrons. The van der Waals surface area contributed by atoms with Crippen LogP contribution < -0.4 is 5.32 Å². The van der Waals surface area contributed by atoms with Crippen LogP contribution in [0.3, 0.4) is 0 Å². The van der Waals surface area contributed by atoms with E-state index in [1.165, 1.54) is 19.3 Å². The van der Waals surface area contributed by atoms with Gasteiger partial charge in [-0.25, -0.2) is 0 Å². The molecule has 1 aromatic carbocycles. The van der Waals surface area contributed by atoms with E-state index in [0.29, 0.717) is 6.04 Å². The number of nitrogens with one attached hydrogen (secondary N) is 1. The summed E-state index contributed by atoms with van der Waals surface area (Å²) in [5.41, 5.74) is 1.07. The summed E-state index contributed by atoms with van der Waals surface area (Å²) < 4.78 is 0. The number of likely N-dealkylation sites (N-methyl/N-ethyl adjacent to an activating group) is 1. The first-order valence-electron chi connectivity index (χ1n) is 7.28. The summed E-state index contributed by atoms with van der Waals surface area (Å²) in [5.74, 6) is 0.769. The highest BCUT2D eigenvalue weighted by Crippen LogP contribution is 2.27. The minimum atomic E-state index is 0.451. The summed E-state index contributed by atoms with van der Waals surface area (Å²) in [5, 5.41) is 5.12. The van der Waals surface area contributed by atoms with E-state index in [1.807, 2.05) is 18.2 Å². The molecule has 1 nitrogen and oxygen atoms in total. The molecular weight excluding hydrogens is 277 g/mol. The minimum Gasteiger partial charge on any atom is -0.314 e. The lowest BCUT2D eigenvalue weighted by Gasteiger charge is -2.23. The molecule has 0 saturated carbocycles. The number of halogens is 2. The zero-order chi connectivity index (χ0) is 14.3. The molecule has 0 aliphatic carbocycles. The Morgan fingerprint density at radius 1 is 1.05 bits per heavy atom. The van der Waals surface area contributed by atoms with E-state index in [4.69, 9.17) is 23.2 Å². The van der Waals surface area contributed by atoms with Gasteiger partial charge in [-0.1, -0.05) is 62.9 Å². The molecule has 0 bridgehead atoms. The Bertz CT molecular complexity index is 355. The first-order chi connectivity index (χ1) is 9.12. The molecule has 0 saturated heterocycles. The molecule has 0 aliphatic rings. The second-order valence-electron chi connectivity index (χ2n) is 5.08. The van der Waals surface area contributed by atoms with Crippen LogP contribution in [0.5, 0.6) is 0 Å². The molecule has 0 heterocycles. The van der Waals surface area contributed by atoms with Gasteiger partial charge < -0.3 is 5.32 Å². The fraction of sp³-hybridized carbons (Fsp3) is 0.625. The maximum Gasteiger partial charge on any atom is 0.0453 e. The monoisotopic (exact) mass is 301 g/mol. The maximum atomic E-state index is 6.27. The molecule has 0 fully saturated rings. The molecule has 1 N–H and O–H groups in total. The zero-order valence-electron chi connectivity index (χ0n) is 12.2. The Labute approximate surface area is 127 Å². The van der Waals surface area contributed by atoms with Gasteiger partial charge in [-0.2, -0.15) is 0 Å². The molecule has 0 amide bonds. The average molecular weight is 302 g/mol. The Morgan fingerprint density at radius 3 is 2.11 bits per heavy atom. The molecule has 1 aromatic rings. The van der Waals surface area contributed by atoms with Crippen molar-refractivity contribution in [1.82, 2.24) is 5.32 Å². The van der Waals surface area contributed by atoms with Gasteiger partial charge in [-0.05, 0) is 43.0 Å². The molecule has 1 rings (SSSR count). The maximum absolute atomic E-state index is 6.27. The highest BCUT2D eigenvalue weighted by atomic mass is 35.5. The van der Waals surface area contributed by atoms with Gasteiger partial charge in [0.05, 0.1) is 0 Å². The normalized spacial score (nSPS) is 12.9. The zero-order valence-corrected chi connectivity index (χ0v) is 13.7. The standard InChI is InChI=1S/C16H25Cl2N/c1-4-12(5-2)10-13(19-6-3)11-14-15(17)8-7-9-16(14)18/h7-9,12-13,19H,4-6,10-11H2,1-3H3. The van der Waals surface area contributed by atoms with Crippen molar-refractivity contribution in [2.24, 2.45) is 5.92 Å². The van der Waals surface area contributed by atoms with Crippen LogP contribution in [-0.2, 0) is 6.42 Å². The molecule has 0 radical (unpaired) electrons. The van der Waals surface area contributed by atoms with Crippen LogP contribution in [0.4, 0.5) is 0 Å². The lowest BCUT2D eigenvalue weighted by Crippen LogP contribution is -2.33. The SMILES string of the molecule is CCNC(Cc1c(Cl)cccc1Cl)CC(CC)CC. The van der Waals surface area contributed by atoms with Crippen molar-refractivity contribution in [3.8, 4) is 0 Å².